The van der Waals surface area contributed by atoms with Crippen molar-refractivity contribution >= 4 is 27.4 Å². The van der Waals surface area contributed by atoms with Gasteiger partial charge in [0, 0.05) is 30.3 Å². The molecule has 3 aromatic rings. The van der Waals surface area contributed by atoms with Gasteiger partial charge in [-0.2, -0.15) is 0 Å². The Bertz CT molecular complexity index is 1080. The normalized spacial score (nSPS) is 12.1. The van der Waals surface area contributed by atoms with E-state index in [0.29, 0.717) is 23.5 Å². The lowest BCUT2D eigenvalue weighted by Gasteiger charge is -2.11. The Hall–Kier alpha value is -3.43. The van der Waals surface area contributed by atoms with Crippen molar-refractivity contribution in [2.24, 2.45) is 0 Å². The summed E-state index contributed by atoms with van der Waals surface area (Å²) in [5, 5.41) is 14.9. The molecule has 3 rings (SSSR count). The largest absolute Gasteiger partial charge is 0.389 e. The Kier molecular flexibility index (Phi) is 6.65. The van der Waals surface area contributed by atoms with E-state index in [0.717, 1.165) is 5.56 Å². The first-order valence-corrected chi connectivity index (χ1v) is 10.7. The molecule has 2 amide bonds. The molecule has 1 heterocycles. The van der Waals surface area contributed by atoms with Crippen LogP contribution in [0.1, 0.15) is 24.2 Å². The first-order valence-electron chi connectivity index (χ1n) is 9.18. The molecule has 0 radical (unpaired) electrons. The van der Waals surface area contributed by atoms with Crippen LogP contribution < -0.4 is 15.4 Å². The molecule has 0 aliphatic heterocycles. The molecule has 0 aliphatic rings. The number of anilines is 2. The summed E-state index contributed by atoms with van der Waals surface area (Å²) in [5.41, 5.74) is 2.40. The summed E-state index contributed by atoms with van der Waals surface area (Å²) in [6.45, 7) is 1.96. The summed E-state index contributed by atoms with van der Waals surface area (Å²) in [6.07, 6.45) is 2.68. The molecule has 0 spiro atoms. The van der Waals surface area contributed by atoms with Gasteiger partial charge in [0.25, 0.3) is 10.0 Å². The number of aromatic nitrogens is 1. The van der Waals surface area contributed by atoms with Gasteiger partial charge in [0.15, 0.2) is 0 Å². The highest BCUT2D eigenvalue weighted by Gasteiger charge is 2.14. The summed E-state index contributed by atoms with van der Waals surface area (Å²) in [4.78, 5) is 16.0. The fraction of sp³-hybridized carbons (Fsp3) is 0.143. The van der Waals surface area contributed by atoms with Crippen LogP contribution in [0.4, 0.5) is 16.2 Å². The van der Waals surface area contributed by atoms with E-state index in [4.69, 9.17) is 0 Å². The molecule has 0 bridgehead atoms. The number of benzene rings is 2. The van der Waals surface area contributed by atoms with Crippen molar-refractivity contribution in [3.63, 3.8) is 0 Å². The van der Waals surface area contributed by atoms with Gasteiger partial charge in [0.2, 0.25) is 0 Å². The lowest BCUT2D eigenvalue weighted by Crippen LogP contribution is -2.28. The topological polar surface area (TPSA) is 120 Å². The minimum absolute atomic E-state index is 0.0587. The molecule has 0 unspecified atom stereocenters. The van der Waals surface area contributed by atoms with Crippen molar-refractivity contribution in [2.75, 3.05) is 10.0 Å². The third kappa shape index (κ3) is 5.79. The molecule has 0 aliphatic carbocycles. The zero-order valence-corrected chi connectivity index (χ0v) is 17.1. The molecule has 1 aromatic heterocycles. The number of hydrogen-bond acceptors (Lipinski definition) is 5. The number of nitrogens with one attached hydrogen (secondary N) is 3. The number of aliphatic hydroxyl groups is 1. The number of sulfonamides is 1. The summed E-state index contributed by atoms with van der Waals surface area (Å²) in [5.74, 6) is 0. The van der Waals surface area contributed by atoms with Crippen LogP contribution in [0.2, 0.25) is 0 Å². The highest BCUT2D eigenvalue weighted by Crippen LogP contribution is 2.20. The minimum Gasteiger partial charge on any atom is -0.389 e. The zero-order chi connectivity index (χ0) is 21.6. The summed E-state index contributed by atoms with van der Waals surface area (Å²) in [7, 11) is -3.79. The monoisotopic (exact) mass is 426 g/mol. The molecule has 8 nitrogen and oxygen atoms in total. The Balaban J connectivity index is 1.59. The lowest BCUT2D eigenvalue weighted by molar-refractivity contribution is 0.199. The van der Waals surface area contributed by atoms with Gasteiger partial charge in [-0.1, -0.05) is 18.2 Å². The second kappa shape index (κ2) is 9.38. The molecule has 1 atom stereocenters. The number of carbonyl (C=O) groups is 1. The zero-order valence-electron chi connectivity index (χ0n) is 16.2. The van der Waals surface area contributed by atoms with Gasteiger partial charge < -0.3 is 15.7 Å². The van der Waals surface area contributed by atoms with Gasteiger partial charge in [0.1, 0.15) is 0 Å². The van der Waals surface area contributed by atoms with E-state index in [1.165, 1.54) is 24.3 Å². The minimum atomic E-state index is -3.79. The Morgan fingerprint density at radius 1 is 1.03 bits per heavy atom. The predicted octanol–water partition coefficient (Wildman–Crippen LogP) is 3.26. The standard InChI is InChI=1S/C21H22N4O4S/c1-15(26)17-4-6-19(7-5-17)25-30(28,29)20-10-8-18(9-11-20)24-21(27)23-14-16-3-2-12-22-13-16/h2-13,15,25-26H,14H2,1H3,(H2,23,24,27)/t15-/m0/s1. The van der Waals surface area contributed by atoms with Gasteiger partial charge in [0.05, 0.1) is 11.0 Å². The second-order valence-electron chi connectivity index (χ2n) is 6.60. The van der Waals surface area contributed by atoms with Crippen LogP contribution in [-0.2, 0) is 16.6 Å². The van der Waals surface area contributed by atoms with E-state index in [1.54, 1.807) is 49.6 Å². The summed E-state index contributed by atoms with van der Waals surface area (Å²) < 4.78 is 27.6. The summed E-state index contributed by atoms with van der Waals surface area (Å²) in [6, 6.07) is 15.5. The average Bonchev–Trinajstić information content (AvgIpc) is 2.73. The highest BCUT2D eigenvalue weighted by atomic mass is 32.2. The van der Waals surface area contributed by atoms with Gasteiger partial charge in [-0.05, 0) is 60.5 Å². The Morgan fingerprint density at radius 2 is 1.70 bits per heavy atom. The van der Waals surface area contributed by atoms with Crippen molar-refractivity contribution < 1.29 is 18.3 Å². The number of nitrogens with zero attached hydrogens (tertiary/aromatic N) is 1. The van der Waals surface area contributed by atoms with Crippen LogP contribution >= 0.6 is 0 Å². The van der Waals surface area contributed by atoms with Crippen molar-refractivity contribution in [2.45, 2.75) is 24.5 Å². The van der Waals surface area contributed by atoms with Gasteiger partial charge in [-0.25, -0.2) is 13.2 Å². The third-order valence-corrected chi connectivity index (χ3v) is 5.64. The number of pyridine rings is 1. The van der Waals surface area contributed by atoms with E-state index in [1.807, 2.05) is 6.07 Å². The maximum Gasteiger partial charge on any atom is 0.319 e. The molecular weight excluding hydrogens is 404 g/mol. The van der Waals surface area contributed by atoms with Crippen LogP contribution in [0.3, 0.4) is 0 Å². The smallest absolute Gasteiger partial charge is 0.319 e. The van der Waals surface area contributed by atoms with Gasteiger partial charge in [-0.15, -0.1) is 0 Å². The average molecular weight is 426 g/mol. The van der Waals surface area contributed by atoms with Crippen LogP contribution in [0.15, 0.2) is 78.0 Å². The van der Waals surface area contributed by atoms with Gasteiger partial charge in [-0.3, -0.25) is 9.71 Å². The summed E-state index contributed by atoms with van der Waals surface area (Å²) >= 11 is 0. The fourth-order valence-electron chi connectivity index (χ4n) is 2.62. The van der Waals surface area contributed by atoms with Crippen molar-refractivity contribution in [3.8, 4) is 0 Å². The number of hydrogen-bond donors (Lipinski definition) is 4. The number of rotatable bonds is 7. The van der Waals surface area contributed by atoms with Crippen molar-refractivity contribution in [1.29, 1.82) is 0 Å². The van der Waals surface area contributed by atoms with E-state index < -0.39 is 22.2 Å². The molecular formula is C21H22N4O4S. The first kappa shape index (κ1) is 21.3. The Labute approximate surface area is 175 Å². The molecule has 0 fully saturated rings. The maximum absolute atomic E-state index is 12.5. The molecule has 0 saturated heterocycles. The predicted molar refractivity (Wildman–Crippen MR) is 114 cm³/mol. The fourth-order valence-corrected chi connectivity index (χ4v) is 3.68. The third-order valence-electron chi connectivity index (χ3n) is 4.24. The van der Waals surface area contributed by atoms with E-state index in [2.05, 4.69) is 20.3 Å². The first-order chi connectivity index (χ1) is 14.3. The molecule has 156 valence electrons. The Morgan fingerprint density at radius 3 is 2.30 bits per heavy atom. The second-order valence-corrected chi connectivity index (χ2v) is 8.28. The van der Waals surface area contributed by atoms with Crippen LogP contribution in [0.25, 0.3) is 0 Å². The van der Waals surface area contributed by atoms with E-state index in [-0.39, 0.29) is 4.90 Å². The lowest BCUT2D eigenvalue weighted by atomic mass is 10.1. The molecule has 0 saturated carbocycles. The number of urea groups is 1. The van der Waals surface area contributed by atoms with Crippen molar-refractivity contribution in [1.82, 2.24) is 10.3 Å². The van der Waals surface area contributed by atoms with E-state index in [9.17, 15) is 18.3 Å². The highest BCUT2D eigenvalue weighted by molar-refractivity contribution is 7.92. The van der Waals surface area contributed by atoms with Crippen LogP contribution in [-0.4, -0.2) is 24.5 Å². The number of aliphatic hydroxyl groups excluding tert-OH is 1. The quantitative estimate of drug-likeness (QED) is 0.462. The van der Waals surface area contributed by atoms with Gasteiger partial charge >= 0.3 is 6.03 Å². The van der Waals surface area contributed by atoms with E-state index >= 15 is 0 Å². The SMILES string of the molecule is C[C@H](O)c1ccc(NS(=O)(=O)c2ccc(NC(=O)NCc3cccnc3)cc2)cc1. The van der Waals surface area contributed by atoms with Crippen LogP contribution in [0, 0.1) is 0 Å². The molecule has 30 heavy (non-hydrogen) atoms. The number of carbonyl (C=O) groups excluding carboxylic acids is 1. The van der Waals surface area contributed by atoms with Crippen molar-refractivity contribution in [3.05, 3.63) is 84.2 Å². The molecule has 9 heteroatoms. The molecule has 4 N–H and O–H groups in total. The van der Waals surface area contributed by atoms with Crippen LogP contribution in [0.5, 0.6) is 0 Å². The maximum atomic E-state index is 12.5. The molecule has 2 aromatic carbocycles. The number of amides is 2.